The van der Waals surface area contributed by atoms with Gasteiger partial charge in [0.15, 0.2) is 0 Å². The van der Waals surface area contributed by atoms with Crippen molar-refractivity contribution in [1.29, 1.82) is 0 Å². The highest BCUT2D eigenvalue weighted by Crippen LogP contribution is 2.27. The molecule has 0 aliphatic carbocycles. The van der Waals surface area contributed by atoms with Crippen molar-refractivity contribution in [3.05, 3.63) is 104 Å². The van der Waals surface area contributed by atoms with E-state index < -0.39 is 44.9 Å². The number of non-ortho nitro benzene ring substituents is 1. The van der Waals surface area contributed by atoms with Crippen molar-refractivity contribution in [3.63, 3.8) is 0 Å². The molecule has 3 rings (SSSR count). The quantitative estimate of drug-likeness (QED) is 0.227. The van der Waals surface area contributed by atoms with Gasteiger partial charge in [-0.3, -0.25) is 24.0 Å². The molecule has 3 aromatic rings. The highest BCUT2D eigenvalue weighted by Gasteiger charge is 2.35. The monoisotopic (exact) mass is 634 g/mol. The average Bonchev–Trinajstić information content (AvgIpc) is 2.89. The van der Waals surface area contributed by atoms with Crippen LogP contribution in [0.1, 0.15) is 31.9 Å². The van der Waals surface area contributed by atoms with Crippen LogP contribution < -0.4 is 9.62 Å². The Morgan fingerprint density at radius 1 is 1.00 bits per heavy atom. The molecule has 224 valence electrons. The highest BCUT2D eigenvalue weighted by atomic mass is 35.5. The van der Waals surface area contributed by atoms with E-state index in [4.69, 9.17) is 23.2 Å². The van der Waals surface area contributed by atoms with Crippen LogP contribution in [0.3, 0.4) is 0 Å². The molecule has 0 aliphatic rings. The molecule has 0 aromatic heterocycles. The van der Waals surface area contributed by atoms with E-state index in [0.29, 0.717) is 10.6 Å². The van der Waals surface area contributed by atoms with E-state index in [0.717, 1.165) is 22.2 Å². The molecule has 1 N–H and O–H groups in total. The van der Waals surface area contributed by atoms with Crippen LogP contribution in [0.5, 0.6) is 0 Å². The fraction of sp³-hybridized carbons (Fsp3) is 0.310. The average molecular weight is 636 g/mol. The topological polar surface area (TPSA) is 130 Å². The lowest BCUT2D eigenvalue weighted by molar-refractivity contribution is -0.384. The van der Waals surface area contributed by atoms with Gasteiger partial charge in [-0.15, -0.1) is 0 Å². The SMILES string of the molecule is CC(C)(C)NC(=O)C(Cc1ccccc1)N(Cc1ccc(Cl)cc1Cl)C(=O)CN(c1cccc([N+](=O)[O-])c1)S(C)(=O)=O. The lowest BCUT2D eigenvalue weighted by Crippen LogP contribution is -2.56. The second kappa shape index (κ2) is 13.5. The second-order valence-electron chi connectivity index (χ2n) is 10.7. The lowest BCUT2D eigenvalue weighted by atomic mass is 10.0. The molecule has 0 heterocycles. The van der Waals surface area contributed by atoms with Crippen LogP contribution in [-0.2, 0) is 32.6 Å². The highest BCUT2D eigenvalue weighted by molar-refractivity contribution is 7.92. The van der Waals surface area contributed by atoms with Crippen LogP contribution in [0.4, 0.5) is 11.4 Å². The molecule has 0 aliphatic heterocycles. The Bertz CT molecular complexity index is 1560. The maximum Gasteiger partial charge on any atom is 0.271 e. The largest absolute Gasteiger partial charge is 0.350 e. The third-order valence-corrected chi connectivity index (χ3v) is 7.86. The fourth-order valence-electron chi connectivity index (χ4n) is 4.22. The van der Waals surface area contributed by atoms with Crippen LogP contribution in [0, 0.1) is 10.1 Å². The van der Waals surface area contributed by atoms with E-state index in [1.807, 2.05) is 30.3 Å². The number of benzene rings is 3. The number of sulfonamides is 1. The van der Waals surface area contributed by atoms with Crippen molar-refractivity contribution in [2.24, 2.45) is 0 Å². The van der Waals surface area contributed by atoms with E-state index in [2.05, 4.69) is 5.32 Å². The summed E-state index contributed by atoms with van der Waals surface area (Å²) in [5.74, 6) is -1.17. The van der Waals surface area contributed by atoms with Gasteiger partial charge in [-0.05, 0) is 50.1 Å². The number of carbonyl (C=O) groups excluding carboxylic acids is 2. The maximum absolute atomic E-state index is 14.1. The van der Waals surface area contributed by atoms with Gasteiger partial charge in [0.25, 0.3) is 5.69 Å². The Morgan fingerprint density at radius 3 is 2.24 bits per heavy atom. The number of halogens is 2. The number of nitro benzene ring substituents is 1. The molecule has 0 saturated heterocycles. The molecule has 0 saturated carbocycles. The van der Waals surface area contributed by atoms with Crippen LogP contribution in [0.15, 0.2) is 72.8 Å². The molecule has 1 unspecified atom stereocenters. The number of nitro groups is 1. The number of nitrogens with one attached hydrogen (secondary N) is 1. The molecule has 0 spiro atoms. The maximum atomic E-state index is 14.1. The third kappa shape index (κ3) is 9.17. The first-order valence-corrected chi connectivity index (χ1v) is 15.5. The smallest absolute Gasteiger partial charge is 0.271 e. The molecule has 0 radical (unpaired) electrons. The number of anilines is 1. The molecule has 13 heteroatoms. The van der Waals surface area contributed by atoms with E-state index >= 15 is 0 Å². The van der Waals surface area contributed by atoms with Crippen molar-refractivity contribution in [1.82, 2.24) is 10.2 Å². The standard InChI is InChI=1S/C29H32Cl2N4O6S/c1-29(2,3)32-28(37)26(15-20-9-6-5-7-10-20)33(18-21-13-14-22(30)16-25(21)31)27(36)19-34(42(4,40)41)23-11-8-12-24(17-23)35(38)39/h5-14,16-17,26H,15,18-19H2,1-4H3,(H,32,37). The fourth-order valence-corrected chi connectivity index (χ4v) is 5.53. The van der Waals surface area contributed by atoms with Crippen molar-refractivity contribution < 1.29 is 22.9 Å². The van der Waals surface area contributed by atoms with Gasteiger partial charge in [-0.25, -0.2) is 8.42 Å². The van der Waals surface area contributed by atoms with E-state index in [-0.39, 0.29) is 29.4 Å². The van der Waals surface area contributed by atoms with Gasteiger partial charge in [0, 0.05) is 40.7 Å². The minimum Gasteiger partial charge on any atom is -0.350 e. The van der Waals surface area contributed by atoms with E-state index in [1.165, 1.54) is 29.2 Å². The molecule has 1 atom stereocenters. The zero-order valence-corrected chi connectivity index (χ0v) is 25.9. The molecular weight excluding hydrogens is 603 g/mol. The molecular formula is C29H32Cl2N4O6S. The Labute approximate surface area is 255 Å². The van der Waals surface area contributed by atoms with Gasteiger partial charge in [-0.2, -0.15) is 0 Å². The summed E-state index contributed by atoms with van der Waals surface area (Å²) in [5, 5.41) is 14.9. The van der Waals surface area contributed by atoms with Crippen molar-refractivity contribution in [2.75, 3.05) is 17.1 Å². The molecule has 0 bridgehead atoms. The lowest BCUT2D eigenvalue weighted by Gasteiger charge is -2.35. The minimum absolute atomic E-state index is 0.0664. The van der Waals surface area contributed by atoms with Crippen LogP contribution in [0.25, 0.3) is 0 Å². The summed E-state index contributed by atoms with van der Waals surface area (Å²) < 4.78 is 26.5. The van der Waals surface area contributed by atoms with Crippen molar-refractivity contribution in [2.45, 2.75) is 45.3 Å². The number of hydrogen-bond donors (Lipinski definition) is 1. The van der Waals surface area contributed by atoms with Crippen LogP contribution in [0.2, 0.25) is 10.0 Å². The Morgan fingerprint density at radius 2 is 1.67 bits per heavy atom. The summed E-state index contributed by atoms with van der Waals surface area (Å²) in [5.41, 5.74) is 0.205. The summed E-state index contributed by atoms with van der Waals surface area (Å²) >= 11 is 12.5. The third-order valence-electron chi connectivity index (χ3n) is 6.13. The summed E-state index contributed by atoms with van der Waals surface area (Å²) in [6, 6.07) is 17.7. The number of amides is 2. The Hall–Kier alpha value is -3.67. The van der Waals surface area contributed by atoms with E-state index in [9.17, 15) is 28.1 Å². The van der Waals surface area contributed by atoms with Gasteiger partial charge in [-0.1, -0.05) is 65.7 Å². The van der Waals surface area contributed by atoms with Gasteiger partial charge < -0.3 is 10.2 Å². The predicted molar refractivity (Wildman–Crippen MR) is 164 cm³/mol. The first-order valence-electron chi connectivity index (χ1n) is 12.9. The van der Waals surface area contributed by atoms with Crippen molar-refractivity contribution in [3.8, 4) is 0 Å². The predicted octanol–water partition coefficient (Wildman–Crippen LogP) is 5.22. The Balaban J connectivity index is 2.12. The molecule has 2 amide bonds. The van der Waals surface area contributed by atoms with Gasteiger partial charge in [0.2, 0.25) is 21.8 Å². The molecule has 42 heavy (non-hydrogen) atoms. The van der Waals surface area contributed by atoms with Gasteiger partial charge >= 0.3 is 0 Å². The number of nitrogens with zero attached hydrogens (tertiary/aromatic N) is 3. The molecule has 3 aromatic carbocycles. The first-order chi connectivity index (χ1) is 19.5. The molecule has 0 fully saturated rings. The number of hydrogen-bond acceptors (Lipinski definition) is 6. The molecule has 10 nitrogen and oxygen atoms in total. The normalized spacial score (nSPS) is 12.3. The van der Waals surface area contributed by atoms with Crippen LogP contribution in [-0.4, -0.2) is 54.4 Å². The van der Waals surface area contributed by atoms with Crippen LogP contribution >= 0.6 is 23.2 Å². The number of rotatable bonds is 11. The first kappa shape index (κ1) is 32.8. The minimum atomic E-state index is -4.09. The van der Waals surface area contributed by atoms with E-state index in [1.54, 1.807) is 32.9 Å². The summed E-state index contributed by atoms with van der Waals surface area (Å²) in [6.45, 7) is 4.55. The van der Waals surface area contributed by atoms with Gasteiger partial charge in [0.1, 0.15) is 12.6 Å². The van der Waals surface area contributed by atoms with Gasteiger partial charge in [0.05, 0.1) is 16.9 Å². The summed E-state index contributed by atoms with van der Waals surface area (Å²) in [7, 11) is -4.09. The zero-order valence-electron chi connectivity index (χ0n) is 23.6. The second-order valence-corrected chi connectivity index (χ2v) is 13.5. The summed E-state index contributed by atoms with van der Waals surface area (Å²) in [6.07, 6.45) is 1.02. The number of carbonyl (C=O) groups is 2. The summed E-state index contributed by atoms with van der Waals surface area (Å²) in [4.78, 5) is 39.8. The van der Waals surface area contributed by atoms with Crippen molar-refractivity contribution >= 4 is 56.4 Å². The zero-order chi connectivity index (χ0) is 31.2. The Kier molecular flexibility index (Phi) is 10.6.